The highest BCUT2D eigenvalue weighted by molar-refractivity contribution is 5.87. The fraction of sp³-hybridized carbons (Fsp3) is 0.143. The van der Waals surface area contributed by atoms with Gasteiger partial charge in [-0.15, -0.1) is 0 Å². The van der Waals surface area contributed by atoms with Crippen molar-refractivity contribution in [3.63, 3.8) is 0 Å². The van der Waals surface area contributed by atoms with Gasteiger partial charge in [-0.1, -0.05) is 0 Å². The van der Waals surface area contributed by atoms with Crippen molar-refractivity contribution >= 4 is 16.9 Å². The zero-order valence-corrected chi connectivity index (χ0v) is 5.51. The lowest BCUT2D eigenvalue weighted by Crippen LogP contribution is -1.85. The van der Waals surface area contributed by atoms with Gasteiger partial charge >= 0.3 is 0 Å². The number of rotatable bonds is 0. The number of nitrogen functional groups attached to an aromatic ring is 1. The summed E-state index contributed by atoms with van der Waals surface area (Å²) in [5.74, 6) is 0.182. The number of furan rings is 2. The summed E-state index contributed by atoms with van der Waals surface area (Å²) in [6.45, 7) is 1.82. The van der Waals surface area contributed by atoms with Crippen LogP contribution in [0.3, 0.4) is 0 Å². The van der Waals surface area contributed by atoms with Crippen molar-refractivity contribution in [3.05, 3.63) is 11.6 Å². The maximum Gasteiger partial charge on any atom is 0.174 e. The van der Waals surface area contributed by atoms with E-state index in [0.717, 1.165) is 5.56 Å². The lowest BCUT2D eigenvalue weighted by molar-refractivity contribution is 0.476. The lowest BCUT2D eigenvalue weighted by Gasteiger charge is -1.91. The molecule has 2 heterocycles. The molecule has 2 aromatic heterocycles. The molecule has 3 heteroatoms. The molecule has 0 atom stereocenters. The average Bonchev–Trinajstić information content (AvgIpc) is 2.36. The minimum Gasteiger partial charge on any atom is -0.504 e. The van der Waals surface area contributed by atoms with Crippen LogP contribution in [0, 0.1) is 6.92 Å². The smallest absolute Gasteiger partial charge is 0.174 e. The summed E-state index contributed by atoms with van der Waals surface area (Å²) in [4.78, 5) is 0. The minimum atomic E-state index is 0.182. The van der Waals surface area contributed by atoms with Crippen LogP contribution in [0.4, 0.5) is 5.69 Å². The van der Waals surface area contributed by atoms with Crippen LogP contribution in [-0.4, -0.2) is 5.11 Å². The highest BCUT2D eigenvalue weighted by atomic mass is 16.4. The van der Waals surface area contributed by atoms with E-state index in [1.807, 2.05) is 6.92 Å². The van der Waals surface area contributed by atoms with Gasteiger partial charge in [-0.25, -0.2) is 0 Å². The molecule has 52 valence electrons. The van der Waals surface area contributed by atoms with Gasteiger partial charge in [0.1, 0.15) is 0 Å². The van der Waals surface area contributed by atoms with Crippen molar-refractivity contribution < 1.29 is 9.52 Å². The van der Waals surface area contributed by atoms with E-state index in [1.165, 1.54) is 6.07 Å². The topological polar surface area (TPSA) is 59.4 Å². The number of hydrogen-bond acceptors (Lipinski definition) is 3. The zero-order valence-electron chi connectivity index (χ0n) is 5.51. The van der Waals surface area contributed by atoms with Gasteiger partial charge in [0.2, 0.25) is 0 Å². The summed E-state index contributed by atoms with van der Waals surface area (Å²) in [7, 11) is 0. The third kappa shape index (κ3) is 0.409. The number of aromatic hydroxyl groups is 1. The molecule has 0 aliphatic carbocycles. The lowest BCUT2D eigenvalue weighted by atomic mass is 10.2. The summed E-state index contributed by atoms with van der Waals surface area (Å²) < 4.78 is 5.10. The molecular weight excluding hydrogens is 130 g/mol. The molecule has 0 saturated carbocycles. The largest absolute Gasteiger partial charge is 0.504 e. The normalized spacial score (nSPS) is 11.3. The molecule has 3 N–H and O–H groups in total. The Balaban J connectivity index is 2.95. The van der Waals surface area contributed by atoms with Gasteiger partial charge in [0.15, 0.2) is 16.9 Å². The predicted octanol–water partition coefficient (Wildman–Crippen LogP) is 1.47. The molecule has 0 aliphatic heterocycles. The average molecular weight is 137 g/mol. The summed E-state index contributed by atoms with van der Waals surface area (Å²) in [5.41, 5.74) is 8.11. The number of hydrogen-bond donors (Lipinski definition) is 2. The van der Waals surface area contributed by atoms with Gasteiger partial charge in [0, 0.05) is 11.6 Å². The van der Waals surface area contributed by atoms with Crippen LogP contribution < -0.4 is 5.73 Å². The SMILES string of the molecule is Cc1c(N)c2cc(O)c1o2. The molecule has 0 radical (unpaired) electrons. The Labute approximate surface area is 57.4 Å². The van der Waals surface area contributed by atoms with Crippen molar-refractivity contribution in [2.75, 3.05) is 5.73 Å². The van der Waals surface area contributed by atoms with Crippen molar-refractivity contribution in [1.82, 2.24) is 0 Å². The molecular formula is C7H7NO2. The van der Waals surface area contributed by atoms with E-state index in [0.29, 0.717) is 16.9 Å². The number of fused-ring (bicyclic) bond motifs is 2. The first-order valence-electron chi connectivity index (χ1n) is 3.00. The molecule has 0 unspecified atom stereocenters. The Morgan fingerprint density at radius 1 is 1.60 bits per heavy atom. The second-order valence-corrected chi connectivity index (χ2v) is 2.36. The van der Waals surface area contributed by atoms with Gasteiger partial charge in [0.25, 0.3) is 0 Å². The molecule has 0 saturated heterocycles. The quantitative estimate of drug-likeness (QED) is 0.427. The predicted molar refractivity (Wildman–Crippen MR) is 38.2 cm³/mol. The Morgan fingerprint density at radius 2 is 2.30 bits per heavy atom. The summed E-state index contributed by atoms with van der Waals surface area (Å²) in [5, 5.41) is 9.10. The van der Waals surface area contributed by atoms with E-state index in [9.17, 15) is 0 Å². The van der Waals surface area contributed by atoms with Gasteiger partial charge in [-0.2, -0.15) is 0 Å². The number of aryl methyl sites for hydroxylation is 1. The molecule has 0 aromatic carbocycles. The monoisotopic (exact) mass is 137 g/mol. The minimum absolute atomic E-state index is 0.182. The van der Waals surface area contributed by atoms with Crippen molar-refractivity contribution in [3.8, 4) is 5.75 Å². The van der Waals surface area contributed by atoms with Crippen molar-refractivity contribution in [2.24, 2.45) is 0 Å². The summed E-state index contributed by atoms with van der Waals surface area (Å²) in [6, 6.07) is 1.53. The van der Waals surface area contributed by atoms with Crippen LogP contribution >= 0.6 is 0 Å². The first-order chi connectivity index (χ1) is 4.70. The molecule has 3 nitrogen and oxygen atoms in total. The van der Waals surface area contributed by atoms with E-state index >= 15 is 0 Å². The fourth-order valence-electron chi connectivity index (χ4n) is 1.09. The van der Waals surface area contributed by atoms with Gasteiger partial charge < -0.3 is 15.3 Å². The van der Waals surface area contributed by atoms with E-state index in [-0.39, 0.29) is 5.75 Å². The van der Waals surface area contributed by atoms with Crippen LogP contribution in [0.15, 0.2) is 10.5 Å². The maximum atomic E-state index is 9.10. The second kappa shape index (κ2) is 1.37. The van der Waals surface area contributed by atoms with Gasteiger partial charge in [-0.05, 0) is 6.92 Å². The first-order valence-corrected chi connectivity index (χ1v) is 3.00. The number of phenolic OH excluding ortho intramolecular Hbond substituents is 1. The highest BCUT2D eigenvalue weighted by Crippen LogP contribution is 2.37. The van der Waals surface area contributed by atoms with E-state index < -0.39 is 0 Å². The molecule has 0 amide bonds. The number of nitrogens with two attached hydrogens (primary N) is 1. The number of phenols is 1. The Kier molecular flexibility index (Phi) is 0.740. The molecule has 2 bridgehead atoms. The molecule has 0 aliphatic rings. The fourth-order valence-corrected chi connectivity index (χ4v) is 1.09. The number of benzene rings is 1. The summed E-state index contributed by atoms with van der Waals surface area (Å²) >= 11 is 0. The van der Waals surface area contributed by atoms with Crippen LogP contribution in [0.25, 0.3) is 11.2 Å². The molecule has 0 fully saturated rings. The van der Waals surface area contributed by atoms with Gasteiger partial charge in [-0.3, -0.25) is 0 Å². The van der Waals surface area contributed by atoms with Crippen LogP contribution in [-0.2, 0) is 0 Å². The standard InChI is InChI=1S/C7H7NO2/c1-3-6(8)5-2-4(9)7(3)10-5/h2,9H,8H2,1H3. The summed E-state index contributed by atoms with van der Waals surface area (Å²) in [6.07, 6.45) is 0. The highest BCUT2D eigenvalue weighted by Gasteiger charge is 2.14. The van der Waals surface area contributed by atoms with E-state index in [4.69, 9.17) is 15.3 Å². The van der Waals surface area contributed by atoms with Crippen molar-refractivity contribution in [2.45, 2.75) is 6.92 Å². The Bertz CT molecular complexity index is 364. The molecule has 10 heavy (non-hydrogen) atoms. The Hall–Kier alpha value is -1.38. The second-order valence-electron chi connectivity index (χ2n) is 2.36. The van der Waals surface area contributed by atoms with Crippen LogP contribution in [0.1, 0.15) is 5.56 Å². The first kappa shape index (κ1) is 5.41. The third-order valence-corrected chi connectivity index (χ3v) is 1.72. The molecule has 2 rings (SSSR count). The van der Waals surface area contributed by atoms with Crippen LogP contribution in [0.5, 0.6) is 5.75 Å². The van der Waals surface area contributed by atoms with Gasteiger partial charge in [0.05, 0.1) is 5.69 Å². The number of anilines is 1. The maximum absolute atomic E-state index is 9.10. The third-order valence-electron chi connectivity index (χ3n) is 1.72. The molecule has 0 spiro atoms. The van der Waals surface area contributed by atoms with Crippen LogP contribution in [0.2, 0.25) is 0 Å². The molecule has 2 aromatic rings. The Morgan fingerprint density at radius 3 is 2.70 bits per heavy atom. The van der Waals surface area contributed by atoms with E-state index in [1.54, 1.807) is 0 Å². The zero-order chi connectivity index (χ0) is 7.30. The van der Waals surface area contributed by atoms with E-state index in [2.05, 4.69) is 0 Å². The van der Waals surface area contributed by atoms with Crippen molar-refractivity contribution in [1.29, 1.82) is 0 Å².